The Kier molecular flexibility index (Phi) is 9.35. The van der Waals surface area contributed by atoms with Gasteiger partial charge < -0.3 is 14.8 Å². The third-order valence-electron chi connectivity index (χ3n) is 2.29. The van der Waals surface area contributed by atoms with Crippen molar-refractivity contribution in [1.82, 2.24) is 5.32 Å². The molecule has 0 aliphatic rings. The number of rotatable bonds is 9. The molecule has 86 valence electrons. The second kappa shape index (κ2) is 9.44. The lowest BCUT2D eigenvalue weighted by Crippen LogP contribution is -2.39. The highest BCUT2D eigenvalue weighted by Crippen LogP contribution is 2.02. The van der Waals surface area contributed by atoms with Crippen molar-refractivity contribution < 1.29 is 9.47 Å². The minimum atomic E-state index is 0.264. The van der Waals surface area contributed by atoms with Gasteiger partial charge in [-0.25, -0.2) is 0 Å². The van der Waals surface area contributed by atoms with E-state index in [1.807, 2.05) is 6.92 Å². The van der Waals surface area contributed by atoms with E-state index in [9.17, 15) is 0 Å². The molecule has 0 aliphatic heterocycles. The quantitative estimate of drug-likeness (QED) is 0.580. The average Bonchev–Trinajstić information content (AvgIpc) is 2.20. The van der Waals surface area contributed by atoms with Crippen molar-refractivity contribution in [3.8, 4) is 0 Å². The van der Waals surface area contributed by atoms with Crippen LogP contribution in [0.1, 0.15) is 34.1 Å². The van der Waals surface area contributed by atoms with Crippen LogP contribution in [0.4, 0.5) is 0 Å². The van der Waals surface area contributed by atoms with Crippen LogP contribution in [-0.2, 0) is 9.47 Å². The summed E-state index contributed by atoms with van der Waals surface area (Å²) in [4.78, 5) is 0. The van der Waals surface area contributed by atoms with Gasteiger partial charge in [0.2, 0.25) is 0 Å². The van der Waals surface area contributed by atoms with Crippen LogP contribution in [-0.4, -0.2) is 38.5 Å². The van der Waals surface area contributed by atoms with E-state index in [2.05, 4.69) is 26.1 Å². The maximum absolute atomic E-state index is 5.66. The Bertz CT molecular complexity index is 120. The van der Waals surface area contributed by atoms with Crippen LogP contribution in [0, 0.1) is 0 Å². The third-order valence-corrected chi connectivity index (χ3v) is 2.29. The monoisotopic (exact) mass is 203 g/mol. The SMILES string of the molecule is CCNC(CC)C(C)OCCOCC. The summed E-state index contributed by atoms with van der Waals surface area (Å²) >= 11 is 0. The molecule has 3 nitrogen and oxygen atoms in total. The minimum Gasteiger partial charge on any atom is -0.379 e. The van der Waals surface area contributed by atoms with Crippen molar-refractivity contribution in [3.63, 3.8) is 0 Å². The van der Waals surface area contributed by atoms with Crippen LogP contribution in [0.25, 0.3) is 0 Å². The van der Waals surface area contributed by atoms with E-state index < -0.39 is 0 Å². The molecule has 2 atom stereocenters. The zero-order valence-corrected chi connectivity index (χ0v) is 10.0. The fraction of sp³-hybridized carbons (Fsp3) is 1.00. The third kappa shape index (κ3) is 6.35. The first-order valence-electron chi connectivity index (χ1n) is 5.68. The zero-order valence-electron chi connectivity index (χ0n) is 10.0. The molecule has 0 amide bonds. The molecule has 3 heteroatoms. The summed E-state index contributed by atoms with van der Waals surface area (Å²) < 4.78 is 10.9. The van der Waals surface area contributed by atoms with Crippen LogP contribution < -0.4 is 5.32 Å². The maximum atomic E-state index is 5.66. The van der Waals surface area contributed by atoms with E-state index in [0.717, 1.165) is 19.6 Å². The van der Waals surface area contributed by atoms with Gasteiger partial charge in [0.05, 0.1) is 19.3 Å². The highest BCUT2D eigenvalue weighted by Gasteiger charge is 2.13. The summed E-state index contributed by atoms with van der Waals surface area (Å²) in [6.07, 6.45) is 1.37. The van der Waals surface area contributed by atoms with Crippen molar-refractivity contribution >= 4 is 0 Å². The second-order valence-corrected chi connectivity index (χ2v) is 3.35. The molecule has 0 aliphatic carbocycles. The molecular formula is C11H25NO2. The van der Waals surface area contributed by atoms with E-state index in [1.165, 1.54) is 0 Å². The van der Waals surface area contributed by atoms with Crippen molar-refractivity contribution in [3.05, 3.63) is 0 Å². The Balaban J connectivity index is 3.52. The molecule has 2 unspecified atom stereocenters. The van der Waals surface area contributed by atoms with Gasteiger partial charge in [-0.3, -0.25) is 0 Å². The summed E-state index contributed by atoms with van der Waals surface area (Å²) in [5.74, 6) is 0. The van der Waals surface area contributed by atoms with Crippen LogP contribution in [0.15, 0.2) is 0 Å². The molecule has 0 aromatic rings. The lowest BCUT2D eigenvalue weighted by molar-refractivity contribution is -0.00104. The predicted octanol–water partition coefficient (Wildman–Crippen LogP) is 1.82. The van der Waals surface area contributed by atoms with Crippen LogP contribution in [0.5, 0.6) is 0 Å². The molecule has 0 fully saturated rings. The number of nitrogens with one attached hydrogen (secondary N) is 1. The van der Waals surface area contributed by atoms with Gasteiger partial charge in [0.1, 0.15) is 0 Å². The predicted molar refractivity (Wildman–Crippen MR) is 59.7 cm³/mol. The first-order valence-corrected chi connectivity index (χ1v) is 5.68. The molecule has 0 rings (SSSR count). The molecule has 0 saturated heterocycles. The van der Waals surface area contributed by atoms with Crippen molar-refractivity contribution in [2.24, 2.45) is 0 Å². The normalized spacial score (nSPS) is 15.4. The smallest absolute Gasteiger partial charge is 0.0704 e. The molecule has 0 heterocycles. The fourth-order valence-electron chi connectivity index (χ4n) is 1.46. The molecule has 1 N–H and O–H groups in total. The molecule has 0 spiro atoms. The molecule has 0 bridgehead atoms. The standard InChI is InChI=1S/C11H25NO2/c1-5-11(12-6-2)10(4)14-9-8-13-7-3/h10-12H,5-9H2,1-4H3. The molecule has 14 heavy (non-hydrogen) atoms. The summed E-state index contributed by atoms with van der Waals surface area (Å²) in [6.45, 7) is 11.6. The number of likely N-dealkylation sites (N-methyl/N-ethyl adjacent to an activating group) is 1. The molecule has 0 saturated carbocycles. The van der Waals surface area contributed by atoms with Gasteiger partial charge >= 0.3 is 0 Å². The highest BCUT2D eigenvalue weighted by atomic mass is 16.5. The van der Waals surface area contributed by atoms with Gasteiger partial charge in [0.15, 0.2) is 0 Å². The van der Waals surface area contributed by atoms with Gasteiger partial charge in [0.25, 0.3) is 0 Å². The Hall–Kier alpha value is -0.120. The zero-order chi connectivity index (χ0) is 10.8. The first-order chi connectivity index (χ1) is 6.76. The van der Waals surface area contributed by atoms with Gasteiger partial charge in [-0.2, -0.15) is 0 Å². The summed E-state index contributed by atoms with van der Waals surface area (Å²) in [6, 6.07) is 0.460. The first kappa shape index (κ1) is 13.9. The summed E-state index contributed by atoms with van der Waals surface area (Å²) in [5, 5.41) is 3.41. The molecular weight excluding hydrogens is 178 g/mol. The topological polar surface area (TPSA) is 30.5 Å². The van der Waals surface area contributed by atoms with E-state index in [0.29, 0.717) is 19.3 Å². The van der Waals surface area contributed by atoms with Crippen LogP contribution in [0.3, 0.4) is 0 Å². The Morgan fingerprint density at radius 2 is 1.86 bits per heavy atom. The summed E-state index contributed by atoms with van der Waals surface area (Å²) in [7, 11) is 0. The van der Waals surface area contributed by atoms with Gasteiger partial charge in [0, 0.05) is 12.6 Å². The molecule has 0 aromatic heterocycles. The van der Waals surface area contributed by atoms with Crippen molar-refractivity contribution in [1.29, 1.82) is 0 Å². The lowest BCUT2D eigenvalue weighted by atomic mass is 10.1. The minimum absolute atomic E-state index is 0.264. The largest absolute Gasteiger partial charge is 0.379 e. The number of hydrogen-bond donors (Lipinski definition) is 1. The van der Waals surface area contributed by atoms with Gasteiger partial charge in [-0.1, -0.05) is 13.8 Å². The highest BCUT2D eigenvalue weighted by molar-refractivity contribution is 4.71. The van der Waals surface area contributed by atoms with Crippen molar-refractivity contribution in [2.75, 3.05) is 26.4 Å². The molecule has 0 aromatic carbocycles. The molecule has 0 radical (unpaired) electrons. The van der Waals surface area contributed by atoms with Crippen LogP contribution in [0.2, 0.25) is 0 Å². The average molecular weight is 203 g/mol. The number of hydrogen-bond acceptors (Lipinski definition) is 3. The van der Waals surface area contributed by atoms with E-state index in [1.54, 1.807) is 0 Å². The van der Waals surface area contributed by atoms with E-state index in [-0.39, 0.29) is 6.10 Å². The number of ether oxygens (including phenoxy) is 2. The maximum Gasteiger partial charge on any atom is 0.0704 e. The second-order valence-electron chi connectivity index (χ2n) is 3.35. The Labute approximate surface area is 88.2 Å². The lowest BCUT2D eigenvalue weighted by Gasteiger charge is -2.23. The Morgan fingerprint density at radius 3 is 2.36 bits per heavy atom. The van der Waals surface area contributed by atoms with Gasteiger partial charge in [-0.15, -0.1) is 0 Å². The van der Waals surface area contributed by atoms with E-state index >= 15 is 0 Å². The fourth-order valence-corrected chi connectivity index (χ4v) is 1.46. The Morgan fingerprint density at radius 1 is 1.14 bits per heavy atom. The van der Waals surface area contributed by atoms with E-state index in [4.69, 9.17) is 9.47 Å². The van der Waals surface area contributed by atoms with Gasteiger partial charge in [-0.05, 0) is 26.8 Å². The van der Waals surface area contributed by atoms with Crippen molar-refractivity contribution in [2.45, 2.75) is 46.3 Å². The summed E-state index contributed by atoms with van der Waals surface area (Å²) in [5.41, 5.74) is 0. The van der Waals surface area contributed by atoms with Crippen LogP contribution >= 0.6 is 0 Å².